The van der Waals surface area contributed by atoms with Gasteiger partial charge in [0.25, 0.3) is 0 Å². The normalized spacial score (nSPS) is 27.5. The van der Waals surface area contributed by atoms with Crippen LogP contribution in [0.1, 0.15) is 101 Å². The van der Waals surface area contributed by atoms with Gasteiger partial charge in [-0.2, -0.15) is 4.58 Å². The number of carbonyl (C=O) groups excluding carboxylic acids is 2. The van der Waals surface area contributed by atoms with Gasteiger partial charge in [0.15, 0.2) is 18.3 Å². The monoisotopic (exact) mass is 1150 g/mol. The molecule has 410 valence electrons. The van der Waals surface area contributed by atoms with Gasteiger partial charge in [-0.15, -0.1) is 0 Å². The largest absolute Gasteiger partial charge is 1.00 e. The number of hydrogen-bond acceptors (Lipinski definition) is 15. The summed E-state index contributed by atoms with van der Waals surface area (Å²) in [6, 6.07) is 11.8. The Morgan fingerprint density at radius 2 is 1.16 bits per heavy atom. The third-order valence-corrected chi connectivity index (χ3v) is 14.5. The quantitative estimate of drug-likeness (QED) is 0.0336. The van der Waals surface area contributed by atoms with E-state index in [-0.39, 0.29) is 74.6 Å². The van der Waals surface area contributed by atoms with Gasteiger partial charge in [0.05, 0.1) is 18.3 Å². The number of carbonyl (C=O) groups is 4. The molecule has 21 heteroatoms. The van der Waals surface area contributed by atoms with E-state index in [9.17, 15) is 60.0 Å². The topological polar surface area (TPSA) is 297 Å². The van der Waals surface area contributed by atoms with Crippen LogP contribution in [0, 0.1) is 0 Å². The van der Waals surface area contributed by atoms with Crippen LogP contribution in [0.2, 0.25) is 0 Å². The zero-order chi connectivity index (χ0) is 53.4. The van der Waals surface area contributed by atoms with Crippen molar-refractivity contribution in [1.82, 2.24) is 10.6 Å². The van der Waals surface area contributed by atoms with Crippen molar-refractivity contribution in [2.45, 2.75) is 164 Å². The summed E-state index contributed by atoms with van der Waals surface area (Å²) in [6.45, 7) is 9.43. The summed E-state index contributed by atoms with van der Waals surface area (Å²) in [5.41, 5.74) is 6.28. The number of rotatable bonds is 24. The molecule has 0 aromatic heterocycles. The maximum Gasteiger partial charge on any atom is 0.303 e. The van der Waals surface area contributed by atoms with Gasteiger partial charge in [-0.3, -0.25) is 19.2 Å². The average molecular weight is 1150 g/mol. The van der Waals surface area contributed by atoms with E-state index in [0.717, 1.165) is 57.9 Å². The highest BCUT2D eigenvalue weighted by Gasteiger charge is 2.47. The number of carboxylic acid groups (broad SMARTS) is 2. The predicted octanol–water partition coefficient (Wildman–Crippen LogP) is -1.18. The van der Waals surface area contributed by atoms with Crippen molar-refractivity contribution in [3.8, 4) is 0 Å². The first-order chi connectivity index (χ1) is 34.6. The standard InChI is InChI=1S/C53H74N4O16.HI/c1-52(2)32-24-30(26-40(58)54-28-36-44(64)46(66)48(68)50(70-5)72-36)18-20-34(32)56(22-11-7-9-16-42(60)61)38(52)14-13-15-39-53(3,4)33-25-31(19-21-35(33)57(39)23-12-8-10-17-43(62)63)27-41(59)55-29-37-45(65)47(67)49(69)51(71-6)73-37;/h13-15,18-21,24-25,36-37,44-51,64-69H,7-12,16-17,22-23,26-29H2,1-6H3,(H3-,54,55,58,59,60,61,62,63);1H/t36-,37-,44-,45-,46+,47+,48-,49-,50+,51+;/m1./s1. The minimum Gasteiger partial charge on any atom is -1.00 e. The molecule has 0 saturated carbocycles. The second kappa shape index (κ2) is 26.6. The van der Waals surface area contributed by atoms with Crippen LogP contribution in [0.5, 0.6) is 0 Å². The number of methoxy groups -OCH3 is 2. The fraction of sp³-hybridized carbons (Fsp3) is 0.604. The van der Waals surface area contributed by atoms with Gasteiger partial charge in [-0.1, -0.05) is 44.5 Å². The van der Waals surface area contributed by atoms with Crippen molar-refractivity contribution >= 4 is 40.8 Å². The lowest BCUT2D eigenvalue weighted by atomic mass is 9.80. The van der Waals surface area contributed by atoms with Crippen LogP contribution in [0.3, 0.4) is 0 Å². The number of amides is 2. The minimum absolute atomic E-state index is 0. The number of nitrogens with one attached hydrogen (secondary N) is 2. The number of allylic oxidation sites excluding steroid dienone is 4. The molecule has 0 bridgehead atoms. The van der Waals surface area contributed by atoms with Crippen molar-refractivity contribution in [1.29, 1.82) is 0 Å². The number of ether oxygens (including phenoxy) is 4. The van der Waals surface area contributed by atoms with Gasteiger partial charge >= 0.3 is 11.9 Å². The van der Waals surface area contributed by atoms with Crippen molar-refractivity contribution < 1.29 is 108 Å². The van der Waals surface area contributed by atoms with E-state index in [0.29, 0.717) is 38.8 Å². The van der Waals surface area contributed by atoms with Crippen LogP contribution in [-0.2, 0) is 61.8 Å². The number of anilines is 1. The molecule has 0 radical (unpaired) electrons. The van der Waals surface area contributed by atoms with Crippen LogP contribution < -0.4 is 39.5 Å². The zero-order valence-corrected chi connectivity index (χ0v) is 45.1. The molecular formula is C53H75IN4O16. The first-order valence-corrected chi connectivity index (χ1v) is 25.1. The van der Waals surface area contributed by atoms with Crippen LogP contribution >= 0.6 is 0 Å². The molecule has 2 aromatic carbocycles. The second-order valence-corrected chi connectivity index (χ2v) is 20.4. The van der Waals surface area contributed by atoms with Gasteiger partial charge < -0.3 is 99.3 Å². The lowest BCUT2D eigenvalue weighted by Crippen LogP contribution is -3.00. The lowest BCUT2D eigenvalue weighted by molar-refractivity contribution is -0.438. The number of nitrogens with zero attached hydrogens (tertiary/aromatic N) is 2. The Bertz CT molecular complexity index is 2390. The fourth-order valence-electron chi connectivity index (χ4n) is 10.3. The van der Waals surface area contributed by atoms with E-state index in [4.69, 9.17) is 18.9 Å². The molecule has 0 aliphatic carbocycles. The summed E-state index contributed by atoms with van der Waals surface area (Å²) in [5.74, 6) is -2.37. The summed E-state index contributed by atoms with van der Waals surface area (Å²) < 4.78 is 23.6. The molecule has 74 heavy (non-hydrogen) atoms. The van der Waals surface area contributed by atoms with Crippen molar-refractivity contribution in [3.05, 3.63) is 82.6 Å². The molecular weight excluding hydrogens is 1080 g/mol. The Kier molecular flexibility index (Phi) is 21.7. The smallest absolute Gasteiger partial charge is 0.303 e. The van der Waals surface area contributed by atoms with Crippen molar-refractivity contribution in [3.63, 3.8) is 0 Å². The van der Waals surface area contributed by atoms with Crippen LogP contribution in [-0.4, -0.2) is 177 Å². The van der Waals surface area contributed by atoms with Gasteiger partial charge in [0, 0.05) is 87.6 Å². The SMILES string of the molecule is CO[C@H]1O[C@H](CNC(=O)Cc2ccc3c(c2)C(C)(C)C(/C=C/C=C2/N(CCCCCC(=O)O)c4ccc(CC(=O)NC[C@H]5O[C@H](OC)[C@H](O)[C@@H](O)[C@@H]5O)cc4C2(C)C)=[N+]3CCCCCC(=O)O)[C@@H](O)[C@H](O)[C@H]1O.[I-]. The molecule has 2 amide bonds. The van der Waals surface area contributed by atoms with Crippen molar-refractivity contribution in [2.24, 2.45) is 0 Å². The molecule has 4 heterocycles. The minimum atomic E-state index is -1.52. The van der Waals surface area contributed by atoms with E-state index in [1.54, 1.807) is 0 Å². The fourth-order valence-corrected chi connectivity index (χ4v) is 10.3. The second-order valence-electron chi connectivity index (χ2n) is 20.4. The Morgan fingerprint density at radius 1 is 0.662 bits per heavy atom. The predicted molar refractivity (Wildman–Crippen MR) is 266 cm³/mol. The first kappa shape index (κ1) is 60.5. The van der Waals surface area contributed by atoms with E-state index >= 15 is 0 Å². The highest BCUT2D eigenvalue weighted by Crippen LogP contribution is 2.48. The molecule has 2 fully saturated rings. The zero-order valence-electron chi connectivity index (χ0n) is 43.0. The molecule has 20 nitrogen and oxygen atoms in total. The van der Waals surface area contributed by atoms with Gasteiger partial charge in [0.1, 0.15) is 55.4 Å². The Balaban J connectivity index is 0.0000101. The van der Waals surface area contributed by atoms with Gasteiger partial charge in [-0.25, -0.2) is 0 Å². The Morgan fingerprint density at radius 3 is 1.68 bits per heavy atom. The number of halogens is 1. The van der Waals surface area contributed by atoms with E-state index in [1.165, 1.54) is 14.2 Å². The first-order valence-electron chi connectivity index (χ1n) is 25.1. The number of benzene rings is 2. The third-order valence-electron chi connectivity index (χ3n) is 14.5. The molecule has 4 aliphatic rings. The molecule has 10 N–H and O–H groups in total. The lowest BCUT2D eigenvalue weighted by Gasteiger charge is -2.39. The van der Waals surface area contributed by atoms with Crippen LogP contribution in [0.15, 0.2) is 60.3 Å². The number of aliphatic carboxylic acids is 2. The molecule has 2 aromatic rings. The summed E-state index contributed by atoms with van der Waals surface area (Å²) >= 11 is 0. The molecule has 2 saturated heterocycles. The number of aliphatic hydroxyl groups excluding tert-OH is 6. The average Bonchev–Trinajstić information content (AvgIpc) is 3.68. The van der Waals surface area contributed by atoms with Crippen LogP contribution in [0.4, 0.5) is 11.4 Å². The summed E-state index contributed by atoms with van der Waals surface area (Å²) in [6.07, 6.45) is -2.90. The number of hydrogen-bond donors (Lipinski definition) is 10. The van der Waals surface area contributed by atoms with Gasteiger partial charge in [0.2, 0.25) is 17.5 Å². The van der Waals surface area contributed by atoms with E-state index in [2.05, 4.69) is 60.0 Å². The number of unbranched alkanes of at least 4 members (excludes halogenated alkanes) is 4. The molecule has 0 unspecified atom stereocenters. The highest BCUT2D eigenvalue weighted by atomic mass is 127. The molecule has 6 rings (SSSR count). The maximum atomic E-state index is 13.3. The molecule has 0 spiro atoms. The maximum absolute atomic E-state index is 13.3. The Labute approximate surface area is 449 Å². The number of fused-ring (bicyclic) bond motifs is 2. The number of aliphatic hydroxyl groups is 6. The summed E-state index contributed by atoms with van der Waals surface area (Å²) in [5, 5.41) is 85.9. The highest BCUT2D eigenvalue weighted by molar-refractivity contribution is 6.03. The van der Waals surface area contributed by atoms with Gasteiger partial charge in [-0.05, 0) is 74.4 Å². The summed E-state index contributed by atoms with van der Waals surface area (Å²) in [4.78, 5) is 51.5. The van der Waals surface area contributed by atoms with Crippen LogP contribution in [0.25, 0.3) is 0 Å². The molecule has 4 aliphatic heterocycles. The van der Waals surface area contributed by atoms with Crippen molar-refractivity contribution in [2.75, 3.05) is 45.3 Å². The summed E-state index contributed by atoms with van der Waals surface area (Å²) in [7, 11) is 2.60. The van der Waals surface area contributed by atoms with E-state index in [1.807, 2.05) is 42.5 Å². The third kappa shape index (κ3) is 14.1. The van der Waals surface area contributed by atoms with E-state index < -0.39 is 84.2 Å². The molecule has 10 atom stereocenters. The number of carboxylic acids is 2. The Hall–Kier alpha value is -4.40.